The van der Waals surface area contributed by atoms with Crippen LogP contribution in [0, 0.1) is 0 Å². The van der Waals surface area contributed by atoms with Gasteiger partial charge in [0.25, 0.3) is 0 Å². The normalized spacial score (nSPS) is 13.5. The first-order valence-electron chi connectivity index (χ1n) is 19.2. The van der Waals surface area contributed by atoms with Gasteiger partial charge in [-0.05, 0) is 54.2 Å². The largest absolute Gasteiger partial charge is 0.228 e. The van der Waals surface area contributed by atoms with Crippen LogP contribution in [0.3, 0.4) is 0 Å². The molecular formula is C52H40N4. The molecule has 1 atom stereocenters. The Bertz CT molecular complexity index is 2590. The van der Waals surface area contributed by atoms with Crippen molar-refractivity contribution in [3.8, 4) is 56.5 Å². The fourth-order valence-electron chi connectivity index (χ4n) is 7.55. The Balaban J connectivity index is 1.10. The number of benzene rings is 6. The van der Waals surface area contributed by atoms with Crippen molar-refractivity contribution in [3.05, 3.63) is 223 Å². The van der Waals surface area contributed by atoms with E-state index in [9.17, 15) is 0 Å². The van der Waals surface area contributed by atoms with Gasteiger partial charge in [0, 0.05) is 33.2 Å². The zero-order chi connectivity index (χ0) is 37.7. The van der Waals surface area contributed by atoms with E-state index in [0.29, 0.717) is 11.6 Å². The van der Waals surface area contributed by atoms with Gasteiger partial charge in [-0.25, -0.2) is 19.9 Å². The molecule has 0 fully saturated rings. The first kappa shape index (κ1) is 34.7. The molecule has 2 heterocycles. The number of hydrogen-bond donors (Lipinski definition) is 0. The van der Waals surface area contributed by atoms with Crippen LogP contribution >= 0.6 is 0 Å². The van der Waals surface area contributed by atoms with Crippen molar-refractivity contribution in [2.24, 2.45) is 0 Å². The fraction of sp³-hybridized carbons (Fsp3) is 0.0769. The Morgan fingerprint density at radius 2 is 0.750 bits per heavy atom. The standard InChI is InChI=1S/C52H40N4/c1-52(43-25-15-6-16-26-43,44-31-27-41(28-32-44)50-53-46(37-17-7-2-8-18-37)35-47(54-50)38-19-9-3-10-20-38)45-33-29-42(30-34-45)51-55-48(39-21-11-4-12-22-39)36-49(56-51)40-23-13-5-14-24-40/h2-4,6-13,15-36H,5,14H2,1H3. The van der Waals surface area contributed by atoms with Crippen LogP contribution in [0.4, 0.5) is 0 Å². The van der Waals surface area contributed by atoms with Crippen molar-refractivity contribution in [3.63, 3.8) is 0 Å². The third-order valence-corrected chi connectivity index (χ3v) is 10.7. The molecule has 0 saturated heterocycles. The molecule has 1 aliphatic carbocycles. The van der Waals surface area contributed by atoms with Gasteiger partial charge in [0.05, 0.1) is 22.8 Å². The van der Waals surface area contributed by atoms with Crippen LogP contribution in [0.25, 0.3) is 62.1 Å². The SMILES string of the molecule is CC(c1ccccc1)(c1ccc(-c2nc(C3=CCCC=C3)cc(-c3ccccc3)n2)cc1)c1ccc(-c2nc(-c3ccccc3)cc(-c3ccccc3)n2)cc1. The molecule has 0 aliphatic heterocycles. The van der Waals surface area contributed by atoms with E-state index in [-0.39, 0.29) is 0 Å². The summed E-state index contributed by atoms with van der Waals surface area (Å²) in [5.41, 5.74) is 13.0. The zero-order valence-electron chi connectivity index (χ0n) is 31.3. The third-order valence-electron chi connectivity index (χ3n) is 10.7. The molecule has 0 spiro atoms. The highest BCUT2D eigenvalue weighted by Crippen LogP contribution is 2.40. The number of rotatable bonds is 9. The van der Waals surface area contributed by atoms with Crippen molar-refractivity contribution >= 4 is 5.57 Å². The summed E-state index contributed by atoms with van der Waals surface area (Å²) >= 11 is 0. The van der Waals surface area contributed by atoms with E-state index >= 15 is 0 Å². The maximum Gasteiger partial charge on any atom is 0.160 e. The van der Waals surface area contributed by atoms with Crippen LogP contribution in [0.15, 0.2) is 200 Å². The Hall–Kier alpha value is -7.04. The van der Waals surface area contributed by atoms with Crippen molar-refractivity contribution in [1.29, 1.82) is 0 Å². The molecule has 56 heavy (non-hydrogen) atoms. The molecule has 0 amide bonds. The molecule has 4 nitrogen and oxygen atoms in total. The molecule has 0 bridgehead atoms. The van der Waals surface area contributed by atoms with Crippen LogP contribution in [0.5, 0.6) is 0 Å². The lowest BCUT2D eigenvalue weighted by Gasteiger charge is -2.32. The van der Waals surface area contributed by atoms with Crippen molar-refractivity contribution in [1.82, 2.24) is 19.9 Å². The second-order valence-corrected chi connectivity index (χ2v) is 14.3. The van der Waals surface area contributed by atoms with Gasteiger partial charge in [-0.1, -0.05) is 188 Å². The van der Waals surface area contributed by atoms with Crippen molar-refractivity contribution < 1.29 is 0 Å². The van der Waals surface area contributed by atoms with Crippen LogP contribution in [-0.4, -0.2) is 19.9 Å². The number of aromatic nitrogens is 4. The quantitative estimate of drug-likeness (QED) is 0.139. The van der Waals surface area contributed by atoms with Gasteiger partial charge in [0.2, 0.25) is 0 Å². The van der Waals surface area contributed by atoms with E-state index in [1.807, 2.05) is 42.5 Å². The van der Waals surface area contributed by atoms with Crippen LogP contribution in [0.2, 0.25) is 0 Å². The molecule has 2 aromatic heterocycles. The maximum atomic E-state index is 5.11. The lowest BCUT2D eigenvalue weighted by Crippen LogP contribution is -2.25. The van der Waals surface area contributed by atoms with E-state index in [0.717, 1.165) is 69.0 Å². The van der Waals surface area contributed by atoms with Crippen molar-refractivity contribution in [2.75, 3.05) is 0 Å². The van der Waals surface area contributed by atoms with E-state index in [1.54, 1.807) is 0 Å². The molecule has 8 aromatic rings. The third kappa shape index (κ3) is 7.01. The highest BCUT2D eigenvalue weighted by Gasteiger charge is 2.31. The summed E-state index contributed by atoms with van der Waals surface area (Å²) < 4.78 is 0. The molecule has 0 N–H and O–H groups in total. The summed E-state index contributed by atoms with van der Waals surface area (Å²) in [5, 5.41) is 0. The van der Waals surface area contributed by atoms with Crippen molar-refractivity contribution in [2.45, 2.75) is 25.2 Å². The highest BCUT2D eigenvalue weighted by atomic mass is 14.9. The van der Waals surface area contributed by atoms with Gasteiger partial charge in [-0.2, -0.15) is 0 Å². The first-order chi connectivity index (χ1) is 27.6. The summed E-state index contributed by atoms with van der Waals surface area (Å²) in [7, 11) is 0. The molecule has 9 rings (SSSR count). The maximum absolute atomic E-state index is 5.11. The van der Waals surface area contributed by atoms with E-state index in [2.05, 4.69) is 165 Å². The Labute approximate surface area is 328 Å². The highest BCUT2D eigenvalue weighted by molar-refractivity contribution is 5.77. The molecule has 1 aliphatic rings. The van der Waals surface area contributed by atoms with E-state index in [4.69, 9.17) is 19.9 Å². The predicted molar refractivity (Wildman–Crippen MR) is 230 cm³/mol. The molecule has 1 unspecified atom stereocenters. The minimum atomic E-state index is -0.449. The Kier molecular flexibility index (Phi) is 9.53. The topological polar surface area (TPSA) is 51.6 Å². The van der Waals surface area contributed by atoms with Gasteiger partial charge in [-0.3, -0.25) is 0 Å². The number of nitrogens with zero attached hydrogens (tertiary/aromatic N) is 4. The molecule has 6 aromatic carbocycles. The molecule has 0 saturated carbocycles. The average Bonchev–Trinajstić information content (AvgIpc) is 3.30. The summed E-state index contributed by atoms with van der Waals surface area (Å²) in [4.78, 5) is 20.4. The minimum absolute atomic E-state index is 0.449. The van der Waals surface area contributed by atoms with Gasteiger partial charge in [-0.15, -0.1) is 0 Å². The lowest BCUT2D eigenvalue weighted by molar-refractivity contribution is 0.692. The molecular weight excluding hydrogens is 681 g/mol. The summed E-state index contributed by atoms with van der Waals surface area (Å²) in [6.07, 6.45) is 8.75. The number of allylic oxidation sites excluding steroid dienone is 4. The molecule has 0 radical (unpaired) electrons. The summed E-state index contributed by atoms with van der Waals surface area (Å²) in [6, 6.07) is 63.4. The van der Waals surface area contributed by atoms with Crippen LogP contribution in [0.1, 0.15) is 42.1 Å². The van der Waals surface area contributed by atoms with E-state index < -0.39 is 5.41 Å². The summed E-state index contributed by atoms with van der Waals surface area (Å²) in [5.74, 6) is 1.41. The van der Waals surface area contributed by atoms with Gasteiger partial charge in [0.1, 0.15) is 0 Å². The van der Waals surface area contributed by atoms with Gasteiger partial charge < -0.3 is 0 Å². The smallest absolute Gasteiger partial charge is 0.160 e. The first-order valence-corrected chi connectivity index (χ1v) is 19.2. The fourth-order valence-corrected chi connectivity index (χ4v) is 7.55. The van der Waals surface area contributed by atoms with Crippen LogP contribution in [-0.2, 0) is 5.41 Å². The summed E-state index contributed by atoms with van der Waals surface area (Å²) in [6.45, 7) is 2.30. The monoisotopic (exact) mass is 720 g/mol. The Morgan fingerprint density at radius 3 is 1.16 bits per heavy atom. The minimum Gasteiger partial charge on any atom is -0.228 e. The van der Waals surface area contributed by atoms with Gasteiger partial charge in [0.15, 0.2) is 11.6 Å². The lowest BCUT2D eigenvalue weighted by atomic mass is 9.71. The second kappa shape index (κ2) is 15.4. The number of hydrogen-bond acceptors (Lipinski definition) is 4. The van der Waals surface area contributed by atoms with Crippen LogP contribution < -0.4 is 0 Å². The van der Waals surface area contributed by atoms with Gasteiger partial charge >= 0.3 is 0 Å². The predicted octanol–water partition coefficient (Wildman–Crippen LogP) is 12.7. The molecule has 4 heteroatoms. The average molecular weight is 721 g/mol. The Morgan fingerprint density at radius 1 is 0.375 bits per heavy atom. The zero-order valence-corrected chi connectivity index (χ0v) is 31.3. The molecule has 268 valence electrons. The van der Waals surface area contributed by atoms with E-state index in [1.165, 1.54) is 16.7 Å². The second-order valence-electron chi connectivity index (χ2n) is 14.3.